The first kappa shape index (κ1) is 18.8. The van der Waals surface area contributed by atoms with Crippen molar-refractivity contribution in [3.05, 3.63) is 82.4 Å². The van der Waals surface area contributed by atoms with Gasteiger partial charge in [-0.3, -0.25) is 4.79 Å². The highest BCUT2D eigenvalue weighted by Crippen LogP contribution is 2.25. The third kappa shape index (κ3) is 4.98. The lowest BCUT2D eigenvalue weighted by atomic mass is 10.00. The van der Waals surface area contributed by atoms with Crippen molar-refractivity contribution in [2.45, 2.75) is 13.2 Å². The second kappa shape index (κ2) is 8.05. The van der Waals surface area contributed by atoms with E-state index in [1.54, 1.807) is 24.3 Å². The van der Waals surface area contributed by atoms with Crippen molar-refractivity contribution in [3.63, 3.8) is 0 Å². The standard InChI is InChI=1S/C19H16ClF2NO2/c1-11(2)18(24)23-19(25)16(9-12-3-5-13(20)6-4-12)15-8-7-14(21)10-17(15)22/h3-10,19,25H,1H2,2H3,(H,23,24)/b16-9+. The Morgan fingerprint density at radius 1 is 1.24 bits per heavy atom. The van der Waals surface area contributed by atoms with E-state index in [1.165, 1.54) is 19.1 Å². The second-order valence-corrected chi connectivity index (χ2v) is 5.87. The fourth-order valence-corrected chi connectivity index (χ4v) is 2.22. The first-order chi connectivity index (χ1) is 11.8. The number of carbonyl (C=O) groups excluding carboxylic acids is 1. The van der Waals surface area contributed by atoms with Gasteiger partial charge in [-0.15, -0.1) is 0 Å². The van der Waals surface area contributed by atoms with Crippen LogP contribution in [0.15, 0.2) is 54.6 Å². The summed E-state index contributed by atoms with van der Waals surface area (Å²) in [4.78, 5) is 11.8. The number of nitrogens with one attached hydrogen (secondary N) is 1. The molecule has 0 heterocycles. The van der Waals surface area contributed by atoms with Crippen molar-refractivity contribution in [1.82, 2.24) is 5.32 Å². The van der Waals surface area contributed by atoms with Crippen molar-refractivity contribution in [2.24, 2.45) is 0 Å². The Hall–Kier alpha value is -2.50. The fourth-order valence-electron chi connectivity index (χ4n) is 2.09. The number of rotatable bonds is 5. The lowest BCUT2D eigenvalue weighted by Gasteiger charge is -2.18. The molecule has 0 spiro atoms. The minimum Gasteiger partial charge on any atom is -0.369 e. The molecule has 0 aliphatic carbocycles. The molecule has 1 unspecified atom stereocenters. The van der Waals surface area contributed by atoms with Crippen LogP contribution in [0.3, 0.4) is 0 Å². The van der Waals surface area contributed by atoms with Gasteiger partial charge in [0.2, 0.25) is 5.91 Å². The van der Waals surface area contributed by atoms with E-state index in [9.17, 15) is 18.7 Å². The van der Waals surface area contributed by atoms with Crippen LogP contribution in [0, 0.1) is 11.6 Å². The van der Waals surface area contributed by atoms with Gasteiger partial charge in [0.1, 0.15) is 11.6 Å². The molecule has 2 aromatic rings. The van der Waals surface area contributed by atoms with Crippen LogP contribution in [-0.4, -0.2) is 17.2 Å². The van der Waals surface area contributed by atoms with Gasteiger partial charge < -0.3 is 10.4 Å². The van der Waals surface area contributed by atoms with Crippen LogP contribution in [0.5, 0.6) is 0 Å². The Balaban J connectivity index is 2.48. The van der Waals surface area contributed by atoms with Crippen molar-refractivity contribution in [3.8, 4) is 0 Å². The zero-order chi connectivity index (χ0) is 18.6. The Kier molecular flexibility index (Phi) is 6.07. The summed E-state index contributed by atoms with van der Waals surface area (Å²) in [6, 6.07) is 9.56. The molecule has 0 aromatic heterocycles. The summed E-state index contributed by atoms with van der Waals surface area (Å²) in [6.45, 7) is 4.96. The fraction of sp³-hybridized carbons (Fsp3) is 0.105. The van der Waals surface area contributed by atoms with Crippen molar-refractivity contribution in [2.75, 3.05) is 0 Å². The van der Waals surface area contributed by atoms with Gasteiger partial charge in [0.25, 0.3) is 0 Å². The summed E-state index contributed by atoms with van der Waals surface area (Å²) >= 11 is 5.84. The average molecular weight is 364 g/mol. The molecule has 130 valence electrons. The molecule has 0 saturated carbocycles. The minimum atomic E-state index is -1.51. The topological polar surface area (TPSA) is 49.3 Å². The van der Waals surface area contributed by atoms with E-state index in [-0.39, 0.29) is 16.7 Å². The molecular weight excluding hydrogens is 348 g/mol. The van der Waals surface area contributed by atoms with Crippen LogP contribution < -0.4 is 5.32 Å². The Morgan fingerprint density at radius 3 is 2.44 bits per heavy atom. The number of halogens is 3. The first-order valence-electron chi connectivity index (χ1n) is 7.35. The normalized spacial score (nSPS) is 12.6. The van der Waals surface area contributed by atoms with Crippen LogP contribution in [0.1, 0.15) is 18.1 Å². The van der Waals surface area contributed by atoms with E-state index >= 15 is 0 Å². The van der Waals surface area contributed by atoms with Crippen LogP contribution in [0.2, 0.25) is 5.02 Å². The molecule has 6 heteroatoms. The van der Waals surface area contributed by atoms with E-state index in [0.29, 0.717) is 16.7 Å². The van der Waals surface area contributed by atoms with Gasteiger partial charge in [0.15, 0.2) is 6.23 Å². The Bertz CT molecular complexity index is 832. The SMILES string of the molecule is C=C(C)C(=O)NC(O)/C(=C/c1ccc(Cl)cc1)c1ccc(F)cc1F. The number of amides is 1. The minimum absolute atomic E-state index is 0.0362. The van der Waals surface area contributed by atoms with Gasteiger partial charge in [0, 0.05) is 27.8 Å². The third-order valence-electron chi connectivity index (χ3n) is 3.38. The molecule has 0 fully saturated rings. The van der Waals surface area contributed by atoms with Gasteiger partial charge >= 0.3 is 0 Å². The van der Waals surface area contributed by atoms with E-state index in [4.69, 9.17) is 11.6 Å². The number of hydrogen-bond acceptors (Lipinski definition) is 2. The van der Waals surface area contributed by atoms with E-state index < -0.39 is 23.8 Å². The van der Waals surface area contributed by atoms with Crippen molar-refractivity contribution in [1.29, 1.82) is 0 Å². The Morgan fingerprint density at radius 2 is 1.88 bits per heavy atom. The lowest BCUT2D eigenvalue weighted by molar-refractivity contribution is -0.119. The number of hydrogen-bond donors (Lipinski definition) is 2. The van der Waals surface area contributed by atoms with E-state index in [2.05, 4.69) is 11.9 Å². The van der Waals surface area contributed by atoms with Crippen LogP contribution in [0.25, 0.3) is 11.6 Å². The van der Waals surface area contributed by atoms with Gasteiger partial charge in [-0.05, 0) is 42.8 Å². The monoisotopic (exact) mass is 363 g/mol. The molecule has 2 N–H and O–H groups in total. The lowest BCUT2D eigenvalue weighted by Crippen LogP contribution is -2.36. The second-order valence-electron chi connectivity index (χ2n) is 5.43. The maximum absolute atomic E-state index is 14.2. The summed E-state index contributed by atoms with van der Waals surface area (Å²) in [6.07, 6.45) is -0.0319. The summed E-state index contributed by atoms with van der Waals surface area (Å²) in [5, 5.41) is 13.2. The zero-order valence-electron chi connectivity index (χ0n) is 13.4. The molecule has 0 aliphatic rings. The average Bonchev–Trinajstić information content (AvgIpc) is 2.54. The number of aliphatic hydroxyl groups excluding tert-OH is 1. The maximum atomic E-state index is 14.2. The number of benzene rings is 2. The third-order valence-corrected chi connectivity index (χ3v) is 3.64. The zero-order valence-corrected chi connectivity index (χ0v) is 14.1. The van der Waals surface area contributed by atoms with Gasteiger partial charge in [-0.1, -0.05) is 30.3 Å². The predicted octanol–water partition coefficient (Wildman–Crippen LogP) is 4.17. The molecule has 1 amide bonds. The highest BCUT2D eigenvalue weighted by atomic mass is 35.5. The summed E-state index contributed by atoms with van der Waals surface area (Å²) in [5.41, 5.74) is 0.830. The highest BCUT2D eigenvalue weighted by molar-refractivity contribution is 6.30. The van der Waals surface area contributed by atoms with Crippen molar-refractivity contribution >= 4 is 29.2 Å². The van der Waals surface area contributed by atoms with Crippen LogP contribution in [-0.2, 0) is 4.79 Å². The first-order valence-corrected chi connectivity index (χ1v) is 7.72. The summed E-state index contributed by atoms with van der Waals surface area (Å²) < 4.78 is 27.4. The predicted molar refractivity (Wildman–Crippen MR) is 94.6 cm³/mol. The van der Waals surface area contributed by atoms with E-state index in [1.807, 2.05) is 0 Å². The quantitative estimate of drug-likeness (QED) is 0.476. The molecule has 25 heavy (non-hydrogen) atoms. The molecule has 0 aliphatic heterocycles. The maximum Gasteiger partial charge on any atom is 0.248 e. The summed E-state index contributed by atoms with van der Waals surface area (Å²) in [5.74, 6) is -2.19. The molecule has 0 bridgehead atoms. The van der Waals surface area contributed by atoms with Gasteiger partial charge in [-0.25, -0.2) is 8.78 Å². The molecule has 0 saturated heterocycles. The Labute approximate surface area is 149 Å². The van der Waals surface area contributed by atoms with Crippen LogP contribution >= 0.6 is 11.6 Å². The summed E-state index contributed by atoms with van der Waals surface area (Å²) in [7, 11) is 0. The van der Waals surface area contributed by atoms with Gasteiger partial charge in [0.05, 0.1) is 0 Å². The highest BCUT2D eigenvalue weighted by Gasteiger charge is 2.19. The molecule has 2 rings (SSSR count). The number of aliphatic hydroxyl groups is 1. The van der Waals surface area contributed by atoms with Crippen molar-refractivity contribution < 1.29 is 18.7 Å². The molecule has 1 atom stereocenters. The molecular formula is C19H16ClF2NO2. The molecule has 3 nitrogen and oxygen atoms in total. The largest absolute Gasteiger partial charge is 0.369 e. The van der Waals surface area contributed by atoms with E-state index in [0.717, 1.165) is 6.07 Å². The molecule has 2 aromatic carbocycles. The molecule has 0 radical (unpaired) electrons. The van der Waals surface area contributed by atoms with Gasteiger partial charge in [-0.2, -0.15) is 0 Å². The van der Waals surface area contributed by atoms with Crippen LogP contribution in [0.4, 0.5) is 8.78 Å². The smallest absolute Gasteiger partial charge is 0.248 e. The number of carbonyl (C=O) groups is 1.